The Balaban J connectivity index is 0.000001000. The zero-order valence-electron chi connectivity index (χ0n) is 6.46. The van der Waals surface area contributed by atoms with Crippen LogP contribution in [0.5, 0.6) is 0 Å². The zero-order valence-corrected chi connectivity index (χ0v) is 9.30. The molecular weight excluding hydrogens is 217 g/mol. The second-order valence-corrected chi connectivity index (χ2v) is 2.29. The molecule has 0 spiro atoms. The molecule has 0 fully saturated rings. The molecule has 0 bridgehead atoms. The van der Waals surface area contributed by atoms with Crippen LogP contribution < -0.4 is 0 Å². The van der Waals surface area contributed by atoms with E-state index >= 15 is 0 Å². The van der Waals surface area contributed by atoms with Crippen molar-refractivity contribution in [3.05, 3.63) is 17.5 Å². The minimum Gasteiger partial charge on any atom is -0.389 e. The first-order valence-electron chi connectivity index (χ1n) is 3.03. The Morgan fingerprint density at radius 1 is 1.64 bits per heavy atom. The van der Waals surface area contributed by atoms with Gasteiger partial charge in [-0.05, 0) is 11.6 Å². The molecule has 55 valence electrons. The molecule has 0 aliphatic rings. The summed E-state index contributed by atoms with van der Waals surface area (Å²) in [6.45, 7) is 3.94. The van der Waals surface area contributed by atoms with Gasteiger partial charge in [0.15, 0.2) is 0 Å². The molecule has 0 aromatic carbocycles. The molecule has 0 unspecified atom stereocenters. The van der Waals surface area contributed by atoms with Gasteiger partial charge in [0.1, 0.15) is 0 Å². The van der Waals surface area contributed by atoms with Gasteiger partial charge in [0, 0.05) is 38.5 Å². The molecule has 1 aromatic heterocycles. The quantitative estimate of drug-likeness (QED) is 0.678. The van der Waals surface area contributed by atoms with Crippen LogP contribution in [0.25, 0.3) is 0 Å². The monoisotopic (exact) mass is 224 g/mol. The molecule has 1 heterocycles. The number of hydrogen-bond donors (Lipinski definition) is 0. The minimum atomic E-state index is 0. The standard InChI is InChI=1S/C7H7N2O.Y/c1-5(2)7-3-6(4-8)10-9-7;/h5H,1-2H3;/q-1;. The molecule has 1 rings (SSSR count). The molecule has 0 aliphatic heterocycles. The molecular formula is C7H7N2OY-. The Kier molecular flexibility index (Phi) is 4.55. The number of nitrogens with zero attached hydrogens (tertiary/aromatic N) is 2. The van der Waals surface area contributed by atoms with Gasteiger partial charge >= 0.3 is 0 Å². The van der Waals surface area contributed by atoms with Crippen molar-refractivity contribution >= 4 is 0 Å². The van der Waals surface area contributed by atoms with E-state index in [4.69, 9.17) is 5.26 Å². The molecule has 4 heteroatoms. The van der Waals surface area contributed by atoms with Crippen LogP contribution in [0.3, 0.4) is 0 Å². The van der Waals surface area contributed by atoms with Crippen LogP contribution in [-0.4, -0.2) is 5.16 Å². The van der Waals surface area contributed by atoms with E-state index in [9.17, 15) is 0 Å². The second-order valence-electron chi connectivity index (χ2n) is 2.29. The summed E-state index contributed by atoms with van der Waals surface area (Å²) in [6, 6.07) is 4.54. The zero-order chi connectivity index (χ0) is 7.56. The SMILES string of the molecule is CC(C)c1[c-]c(C#N)on1.[Y]. The third kappa shape index (κ3) is 2.72. The Morgan fingerprint density at radius 2 is 2.27 bits per heavy atom. The number of rotatable bonds is 1. The summed E-state index contributed by atoms with van der Waals surface area (Å²) in [5.74, 6) is 0.426. The van der Waals surface area contributed by atoms with Gasteiger partial charge in [-0.1, -0.05) is 19.9 Å². The summed E-state index contributed by atoms with van der Waals surface area (Å²) in [7, 11) is 0. The van der Waals surface area contributed by atoms with E-state index in [1.54, 1.807) is 0 Å². The molecule has 11 heavy (non-hydrogen) atoms. The molecule has 0 aliphatic carbocycles. The van der Waals surface area contributed by atoms with Gasteiger partial charge in [0.2, 0.25) is 0 Å². The summed E-state index contributed by atoms with van der Waals surface area (Å²) in [4.78, 5) is 0. The normalized spacial score (nSPS) is 8.91. The second kappa shape index (κ2) is 4.64. The third-order valence-electron chi connectivity index (χ3n) is 1.13. The van der Waals surface area contributed by atoms with Crippen molar-refractivity contribution < 1.29 is 37.2 Å². The third-order valence-corrected chi connectivity index (χ3v) is 1.13. The summed E-state index contributed by atoms with van der Waals surface area (Å²) >= 11 is 0. The fourth-order valence-electron chi connectivity index (χ4n) is 0.555. The van der Waals surface area contributed by atoms with Crippen LogP contribution in [0.15, 0.2) is 4.52 Å². The fourth-order valence-corrected chi connectivity index (χ4v) is 0.555. The Hall–Kier alpha value is -0.196. The van der Waals surface area contributed by atoms with E-state index in [2.05, 4.69) is 15.7 Å². The maximum atomic E-state index is 8.32. The van der Waals surface area contributed by atoms with Gasteiger partial charge < -0.3 is 9.78 Å². The number of aromatic nitrogens is 1. The summed E-state index contributed by atoms with van der Waals surface area (Å²) in [5.41, 5.74) is 0.705. The molecule has 0 N–H and O–H groups in total. The molecule has 1 radical (unpaired) electrons. The molecule has 3 nitrogen and oxygen atoms in total. The van der Waals surface area contributed by atoms with Crippen molar-refractivity contribution in [1.29, 1.82) is 5.26 Å². The van der Waals surface area contributed by atoms with Crippen LogP contribution in [0.2, 0.25) is 0 Å². The Bertz CT molecular complexity index is 262. The number of nitriles is 1. The van der Waals surface area contributed by atoms with Crippen LogP contribution in [0.1, 0.15) is 31.2 Å². The summed E-state index contributed by atoms with van der Waals surface area (Å²) in [6.07, 6.45) is 0. The van der Waals surface area contributed by atoms with Crippen molar-refractivity contribution in [3.63, 3.8) is 0 Å². The molecule has 0 amide bonds. The van der Waals surface area contributed by atoms with Crippen LogP contribution >= 0.6 is 0 Å². The minimum absolute atomic E-state index is 0. The van der Waals surface area contributed by atoms with Crippen LogP contribution in [0.4, 0.5) is 0 Å². The van der Waals surface area contributed by atoms with Gasteiger partial charge in [0.25, 0.3) is 0 Å². The van der Waals surface area contributed by atoms with Crippen molar-refractivity contribution in [1.82, 2.24) is 5.16 Å². The van der Waals surface area contributed by atoms with E-state index in [-0.39, 0.29) is 44.4 Å². The van der Waals surface area contributed by atoms with E-state index in [0.29, 0.717) is 5.69 Å². The topological polar surface area (TPSA) is 49.8 Å². The summed E-state index contributed by atoms with van der Waals surface area (Å²) < 4.78 is 4.61. The predicted octanol–water partition coefficient (Wildman–Crippen LogP) is 1.47. The van der Waals surface area contributed by atoms with Crippen LogP contribution in [0, 0.1) is 17.4 Å². The van der Waals surface area contributed by atoms with E-state index in [0.717, 1.165) is 0 Å². The van der Waals surface area contributed by atoms with Gasteiger partial charge in [-0.2, -0.15) is 6.07 Å². The van der Waals surface area contributed by atoms with Crippen molar-refractivity contribution in [2.45, 2.75) is 19.8 Å². The first-order chi connectivity index (χ1) is 4.74. The van der Waals surface area contributed by atoms with Crippen molar-refractivity contribution in [2.24, 2.45) is 0 Å². The van der Waals surface area contributed by atoms with Crippen molar-refractivity contribution in [2.75, 3.05) is 0 Å². The fraction of sp³-hybridized carbons (Fsp3) is 0.429. The maximum Gasteiger partial charge on any atom is 0.0498 e. The molecule has 0 saturated heterocycles. The van der Waals surface area contributed by atoms with Crippen molar-refractivity contribution in [3.8, 4) is 6.07 Å². The van der Waals surface area contributed by atoms with Gasteiger partial charge in [0.05, 0.1) is 0 Å². The number of hydrogen-bond acceptors (Lipinski definition) is 3. The smallest absolute Gasteiger partial charge is 0.0498 e. The molecule has 1 aromatic rings. The first kappa shape index (κ1) is 10.8. The van der Waals surface area contributed by atoms with E-state index in [1.807, 2.05) is 19.9 Å². The first-order valence-corrected chi connectivity index (χ1v) is 3.03. The Labute approximate surface area is 90.6 Å². The van der Waals surface area contributed by atoms with E-state index in [1.165, 1.54) is 0 Å². The summed E-state index contributed by atoms with van der Waals surface area (Å²) in [5, 5.41) is 12.0. The largest absolute Gasteiger partial charge is 0.389 e. The van der Waals surface area contributed by atoms with Crippen LogP contribution in [-0.2, 0) is 32.7 Å². The maximum absolute atomic E-state index is 8.32. The molecule has 0 atom stereocenters. The van der Waals surface area contributed by atoms with Gasteiger partial charge in [-0.3, -0.25) is 0 Å². The Morgan fingerprint density at radius 3 is 2.55 bits per heavy atom. The average Bonchev–Trinajstić information content (AvgIpc) is 2.34. The van der Waals surface area contributed by atoms with Gasteiger partial charge in [-0.15, -0.1) is 5.16 Å². The average molecular weight is 224 g/mol. The van der Waals surface area contributed by atoms with E-state index < -0.39 is 0 Å². The molecule has 0 saturated carbocycles. The van der Waals surface area contributed by atoms with Gasteiger partial charge in [-0.25, -0.2) is 0 Å². The predicted molar refractivity (Wildman–Crippen MR) is 34.1 cm³/mol.